The van der Waals surface area contributed by atoms with E-state index in [9.17, 15) is 19.7 Å². The molecule has 2 aromatic carbocycles. The number of nitro benzene ring substituents is 1. The molecule has 0 radical (unpaired) electrons. The second-order valence-electron chi connectivity index (χ2n) is 4.52. The normalized spacial score (nSPS) is 14.4. The van der Waals surface area contributed by atoms with Crippen LogP contribution in [0.1, 0.15) is 32.2 Å². The lowest BCUT2D eigenvalue weighted by molar-refractivity contribution is -0.385. The molecule has 3 rings (SSSR count). The summed E-state index contributed by atoms with van der Waals surface area (Å²) in [5.41, 5.74) is 0.622. The molecule has 98 valence electrons. The maximum absolute atomic E-state index is 12.3. The second kappa shape index (κ2) is 4.38. The maximum Gasteiger partial charge on any atom is 0.273 e. The number of fused-ring (bicyclic) bond motifs is 1. The van der Waals surface area contributed by atoms with Crippen molar-refractivity contribution in [2.75, 3.05) is 0 Å². The fourth-order valence-electron chi connectivity index (χ4n) is 2.52. The van der Waals surface area contributed by atoms with Crippen LogP contribution in [0.15, 0.2) is 48.5 Å². The quantitative estimate of drug-likeness (QED) is 0.476. The van der Waals surface area contributed by atoms with Crippen molar-refractivity contribution in [3.63, 3.8) is 0 Å². The van der Waals surface area contributed by atoms with Crippen molar-refractivity contribution >= 4 is 17.3 Å². The number of ketones is 2. The number of carbonyl (C=O) groups is 2. The van der Waals surface area contributed by atoms with Gasteiger partial charge >= 0.3 is 0 Å². The van der Waals surface area contributed by atoms with Gasteiger partial charge in [0.15, 0.2) is 11.6 Å². The van der Waals surface area contributed by atoms with E-state index in [0.29, 0.717) is 11.1 Å². The van der Waals surface area contributed by atoms with Crippen molar-refractivity contribution in [2.24, 2.45) is 0 Å². The number of rotatable bonds is 2. The van der Waals surface area contributed by atoms with Gasteiger partial charge in [-0.05, 0) is 0 Å². The van der Waals surface area contributed by atoms with Crippen LogP contribution >= 0.6 is 0 Å². The van der Waals surface area contributed by atoms with Gasteiger partial charge in [-0.1, -0.05) is 42.5 Å². The average Bonchev–Trinajstić information content (AvgIpc) is 2.71. The molecule has 0 saturated heterocycles. The molecule has 0 unspecified atom stereocenters. The Bertz CT molecular complexity index is 716. The molecule has 5 heteroatoms. The zero-order valence-corrected chi connectivity index (χ0v) is 10.3. The fourth-order valence-corrected chi connectivity index (χ4v) is 2.52. The molecule has 0 spiro atoms. The van der Waals surface area contributed by atoms with Crippen LogP contribution in [0.2, 0.25) is 0 Å². The van der Waals surface area contributed by atoms with E-state index in [4.69, 9.17) is 0 Å². The topological polar surface area (TPSA) is 77.3 Å². The van der Waals surface area contributed by atoms with Gasteiger partial charge in [0.25, 0.3) is 5.69 Å². The molecule has 1 aliphatic carbocycles. The first-order chi connectivity index (χ1) is 9.61. The number of hydrogen-bond acceptors (Lipinski definition) is 4. The molecular weight excluding hydrogens is 258 g/mol. The highest BCUT2D eigenvalue weighted by Gasteiger charge is 2.42. The molecule has 0 saturated carbocycles. The van der Waals surface area contributed by atoms with E-state index in [1.54, 1.807) is 30.3 Å². The van der Waals surface area contributed by atoms with E-state index in [2.05, 4.69) is 0 Å². The Morgan fingerprint density at radius 1 is 0.850 bits per heavy atom. The maximum atomic E-state index is 12.3. The minimum Gasteiger partial charge on any atom is -0.293 e. The van der Waals surface area contributed by atoms with Crippen LogP contribution in [0.4, 0.5) is 5.69 Å². The third-order valence-corrected chi connectivity index (χ3v) is 3.43. The van der Waals surface area contributed by atoms with Crippen molar-refractivity contribution in [3.05, 3.63) is 75.3 Å². The summed E-state index contributed by atoms with van der Waals surface area (Å²) >= 11 is 0. The molecule has 0 amide bonds. The zero-order chi connectivity index (χ0) is 14.3. The molecule has 0 aliphatic heterocycles. The lowest BCUT2D eigenvalue weighted by Crippen LogP contribution is -2.14. The van der Waals surface area contributed by atoms with Crippen molar-refractivity contribution < 1.29 is 14.5 Å². The smallest absolute Gasteiger partial charge is 0.273 e. The van der Waals surface area contributed by atoms with Gasteiger partial charge in [-0.2, -0.15) is 0 Å². The third kappa shape index (κ3) is 1.64. The Labute approximate surface area is 114 Å². The monoisotopic (exact) mass is 267 g/mol. The fraction of sp³-hybridized carbons (Fsp3) is 0.0667. The standard InChI is InChI=1S/C15H9NO4/c17-14-9-5-1-2-6-10(9)15(18)13(14)11-7-3-4-8-12(11)16(19)20/h1-8,13H. The number of nitro groups is 1. The molecule has 0 bridgehead atoms. The highest BCUT2D eigenvalue weighted by Crippen LogP contribution is 2.37. The lowest BCUT2D eigenvalue weighted by Gasteiger charge is -2.07. The summed E-state index contributed by atoms with van der Waals surface area (Å²) in [5, 5.41) is 11.0. The largest absolute Gasteiger partial charge is 0.293 e. The summed E-state index contributed by atoms with van der Waals surface area (Å²) < 4.78 is 0. The van der Waals surface area contributed by atoms with Crippen LogP contribution < -0.4 is 0 Å². The first-order valence-electron chi connectivity index (χ1n) is 6.02. The van der Waals surface area contributed by atoms with Gasteiger partial charge in [0.1, 0.15) is 5.92 Å². The molecule has 0 atom stereocenters. The van der Waals surface area contributed by atoms with Crippen LogP contribution in [0.25, 0.3) is 0 Å². The number of Topliss-reactive ketones (excluding diaryl/α,β-unsaturated/α-hetero) is 2. The van der Waals surface area contributed by atoms with Gasteiger partial charge in [-0.3, -0.25) is 19.7 Å². The summed E-state index contributed by atoms with van der Waals surface area (Å²) in [6, 6.07) is 12.4. The highest BCUT2D eigenvalue weighted by molar-refractivity contribution is 6.30. The van der Waals surface area contributed by atoms with Crippen LogP contribution in [0.5, 0.6) is 0 Å². The number of para-hydroxylation sites is 1. The van der Waals surface area contributed by atoms with Gasteiger partial charge in [-0.25, -0.2) is 0 Å². The van der Waals surface area contributed by atoms with Crippen LogP contribution in [-0.2, 0) is 0 Å². The summed E-state index contributed by atoms with van der Waals surface area (Å²) in [5.74, 6) is -1.85. The van der Waals surface area contributed by atoms with Gasteiger partial charge in [0, 0.05) is 22.8 Å². The van der Waals surface area contributed by atoms with E-state index < -0.39 is 10.8 Å². The second-order valence-corrected chi connectivity index (χ2v) is 4.52. The third-order valence-electron chi connectivity index (χ3n) is 3.43. The minimum absolute atomic E-state index is 0.156. The molecule has 0 N–H and O–H groups in total. The molecule has 20 heavy (non-hydrogen) atoms. The average molecular weight is 267 g/mol. The Kier molecular flexibility index (Phi) is 2.68. The SMILES string of the molecule is O=C1c2ccccc2C(=O)C1c1ccccc1[N+](=O)[O-]. The molecule has 2 aromatic rings. The number of hydrogen-bond donors (Lipinski definition) is 0. The molecular formula is C15H9NO4. The molecule has 0 heterocycles. The van der Waals surface area contributed by atoms with Gasteiger partial charge in [0.05, 0.1) is 4.92 Å². The number of nitrogens with zero attached hydrogens (tertiary/aromatic N) is 1. The number of benzene rings is 2. The first kappa shape index (κ1) is 12.2. The van der Waals surface area contributed by atoms with E-state index in [0.717, 1.165) is 0 Å². The van der Waals surface area contributed by atoms with Gasteiger partial charge in [-0.15, -0.1) is 0 Å². The van der Waals surface area contributed by atoms with Gasteiger partial charge < -0.3 is 0 Å². The summed E-state index contributed by atoms with van der Waals surface area (Å²) in [6.07, 6.45) is 0. The van der Waals surface area contributed by atoms with E-state index in [1.165, 1.54) is 18.2 Å². The van der Waals surface area contributed by atoms with Crippen LogP contribution in [0.3, 0.4) is 0 Å². The zero-order valence-electron chi connectivity index (χ0n) is 10.3. The Morgan fingerprint density at radius 2 is 1.35 bits per heavy atom. The predicted molar refractivity (Wildman–Crippen MR) is 70.9 cm³/mol. The number of carbonyl (C=O) groups excluding carboxylic acids is 2. The van der Waals surface area contributed by atoms with Crippen LogP contribution in [-0.4, -0.2) is 16.5 Å². The van der Waals surface area contributed by atoms with E-state index in [-0.39, 0.29) is 22.8 Å². The lowest BCUT2D eigenvalue weighted by atomic mass is 9.93. The minimum atomic E-state index is -1.10. The summed E-state index contributed by atoms with van der Waals surface area (Å²) in [4.78, 5) is 35.2. The van der Waals surface area contributed by atoms with E-state index >= 15 is 0 Å². The van der Waals surface area contributed by atoms with Crippen molar-refractivity contribution in [1.29, 1.82) is 0 Å². The Morgan fingerprint density at radius 3 is 1.90 bits per heavy atom. The summed E-state index contributed by atoms with van der Waals surface area (Å²) in [6.45, 7) is 0. The van der Waals surface area contributed by atoms with Crippen molar-refractivity contribution in [1.82, 2.24) is 0 Å². The van der Waals surface area contributed by atoms with Gasteiger partial charge in [0.2, 0.25) is 0 Å². The first-order valence-corrected chi connectivity index (χ1v) is 6.02. The Hall–Kier alpha value is -2.82. The molecule has 0 fully saturated rings. The predicted octanol–water partition coefficient (Wildman–Crippen LogP) is 2.76. The molecule has 0 aromatic heterocycles. The molecule has 1 aliphatic rings. The summed E-state index contributed by atoms with van der Waals surface area (Å²) in [7, 11) is 0. The van der Waals surface area contributed by atoms with Crippen LogP contribution in [0, 0.1) is 10.1 Å². The van der Waals surface area contributed by atoms with Crippen molar-refractivity contribution in [3.8, 4) is 0 Å². The molecule has 5 nitrogen and oxygen atoms in total. The van der Waals surface area contributed by atoms with Crippen molar-refractivity contribution in [2.45, 2.75) is 5.92 Å². The van der Waals surface area contributed by atoms with E-state index in [1.807, 2.05) is 0 Å². The highest BCUT2D eigenvalue weighted by atomic mass is 16.6. The Balaban J connectivity index is 2.17.